The van der Waals surface area contributed by atoms with Crippen LogP contribution in [-0.2, 0) is 0 Å². The molecule has 0 aromatic carbocycles. The minimum atomic E-state index is 0.581. The molecule has 17 heavy (non-hydrogen) atoms. The molecule has 0 radical (unpaired) electrons. The standard InChI is InChI=1S/C13H20ClN3/c1-16(2)10-11-4-7-17(8-5-11)12-3-6-15-13(14)9-12/h3,6,9,11H,4-5,7-8,10H2,1-2H3. The third kappa shape index (κ3) is 3.58. The molecule has 2 heterocycles. The average molecular weight is 254 g/mol. The molecular formula is C13H20ClN3. The zero-order valence-corrected chi connectivity index (χ0v) is 11.3. The van der Waals surface area contributed by atoms with E-state index in [1.807, 2.05) is 12.1 Å². The Balaban J connectivity index is 1.91. The van der Waals surface area contributed by atoms with Crippen LogP contribution in [0.15, 0.2) is 18.3 Å². The predicted octanol–water partition coefficient (Wildman–Crippen LogP) is 2.51. The summed E-state index contributed by atoms with van der Waals surface area (Å²) in [4.78, 5) is 8.70. The van der Waals surface area contributed by atoms with Crippen molar-refractivity contribution in [2.75, 3.05) is 38.6 Å². The number of rotatable bonds is 3. The van der Waals surface area contributed by atoms with Gasteiger partial charge in [-0.05, 0) is 45.0 Å². The van der Waals surface area contributed by atoms with Crippen molar-refractivity contribution >= 4 is 17.3 Å². The van der Waals surface area contributed by atoms with E-state index in [2.05, 4.69) is 28.9 Å². The van der Waals surface area contributed by atoms with Crippen LogP contribution < -0.4 is 4.90 Å². The van der Waals surface area contributed by atoms with E-state index in [0.29, 0.717) is 5.15 Å². The minimum Gasteiger partial charge on any atom is -0.371 e. The van der Waals surface area contributed by atoms with Crippen molar-refractivity contribution in [1.82, 2.24) is 9.88 Å². The van der Waals surface area contributed by atoms with E-state index in [-0.39, 0.29) is 0 Å². The molecule has 0 unspecified atom stereocenters. The molecule has 1 aromatic heterocycles. The van der Waals surface area contributed by atoms with Gasteiger partial charge in [0.1, 0.15) is 5.15 Å². The lowest BCUT2D eigenvalue weighted by Gasteiger charge is -2.34. The van der Waals surface area contributed by atoms with E-state index in [1.54, 1.807) is 6.20 Å². The van der Waals surface area contributed by atoms with Crippen LogP contribution in [0.4, 0.5) is 5.69 Å². The molecule has 94 valence electrons. The van der Waals surface area contributed by atoms with Gasteiger partial charge < -0.3 is 9.80 Å². The summed E-state index contributed by atoms with van der Waals surface area (Å²) in [6.07, 6.45) is 4.31. The van der Waals surface area contributed by atoms with Crippen LogP contribution in [0.1, 0.15) is 12.8 Å². The fraction of sp³-hybridized carbons (Fsp3) is 0.615. The molecule has 0 aliphatic carbocycles. The monoisotopic (exact) mass is 253 g/mol. The second-order valence-corrected chi connectivity index (χ2v) is 5.42. The van der Waals surface area contributed by atoms with E-state index < -0.39 is 0 Å². The lowest BCUT2D eigenvalue weighted by Crippen LogP contribution is -2.37. The van der Waals surface area contributed by atoms with Gasteiger partial charge in [-0.1, -0.05) is 11.6 Å². The van der Waals surface area contributed by atoms with Crippen molar-refractivity contribution < 1.29 is 0 Å². The van der Waals surface area contributed by atoms with Gasteiger partial charge in [0.15, 0.2) is 0 Å². The molecule has 0 amide bonds. The van der Waals surface area contributed by atoms with Crippen LogP contribution in [0.2, 0.25) is 5.15 Å². The molecule has 0 saturated carbocycles. The molecular weight excluding hydrogens is 234 g/mol. The molecule has 3 nitrogen and oxygen atoms in total. The first-order valence-corrected chi connectivity index (χ1v) is 6.54. The van der Waals surface area contributed by atoms with Crippen LogP contribution in [0, 0.1) is 5.92 Å². The number of halogens is 1. The Hall–Kier alpha value is -0.800. The summed E-state index contributed by atoms with van der Waals surface area (Å²) in [6.45, 7) is 3.45. The molecule has 0 spiro atoms. The Labute approximate surface area is 108 Å². The largest absolute Gasteiger partial charge is 0.371 e. The fourth-order valence-electron chi connectivity index (χ4n) is 2.48. The lowest BCUT2D eigenvalue weighted by atomic mass is 9.96. The maximum atomic E-state index is 5.92. The van der Waals surface area contributed by atoms with Gasteiger partial charge in [-0.15, -0.1) is 0 Å². The molecule has 0 N–H and O–H groups in total. The minimum absolute atomic E-state index is 0.581. The maximum absolute atomic E-state index is 5.92. The van der Waals surface area contributed by atoms with Crippen LogP contribution in [0.5, 0.6) is 0 Å². The third-order valence-electron chi connectivity index (χ3n) is 3.31. The Morgan fingerprint density at radius 2 is 2.12 bits per heavy atom. The number of hydrogen-bond donors (Lipinski definition) is 0. The van der Waals surface area contributed by atoms with Crippen molar-refractivity contribution in [2.45, 2.75) is 12.8 Å². The highest BCUT2D eigenvalue weighted by Crippen LogP contribution is 2.24. The number of piperidine rings is 1. The van der Waals surface area contributed by atoms with E-state index in [0.717, 1.165) is 19.0 Å². The van der Waals surface area contributed by atoms with Crippen molar-refractivity contribution in [1.29, 1.82) is 0 Å². The molecule has 1 aliphatic heterocycles. The Morgan fingerprint density at radius 3 is 2.71 bits per heavy atom. The zero-order valence-electron chi connectivity index (χ0n) is 10.6. The molecule has 1 fully saturated rings. The summed E-state index contributed by atoms with van der Waals surface area (Å²) in [6, 6.07) is 3.99. The Morgan fingerprint density at radius 1 is 1.41 bits per heavy atom. The van der Waals surface area contributed by atoms with E-state index in [4.69, 9.17) is 11.6 Å². The number of nitrogens with zero attached hydrogens (tertiary/aromatic N) is 3. The first-order valence-electron chi connectivity index (χ1n) is 6.16. The van der Waals surface area contributed by atoms with Crippen LogP contribution in [-0.4, -0.2) is 43.6 Å². The molecule has 1 aliphatic rings. The number of anilines is 1. The second kappa shape index (κ2) is 5.69. The summed E-state index contributed by atoms with van der Waals surface area (Å²) in [5.41, 5.74) is 1.20. The average Bonchev–Trinajstić information content (AvgIpc) is 2.29. The maximum Gasteiger partial charge on any atom is 0.131 e. The van der Waals surface area contributed by atoms with Gasteiger partial charge in [-0.3, -0.25) is 0 Å². The zero-order chi connectivity index (χ0) is 12.3. The molecule has 2 rings (SSSR count). The van der Waals surface area contributed by atoms with Crippen molar-refractivity contribution in [3.05, 3.63) is 23.5 Å². The van der Waals surface area contributed by atoms with Crippen LogP contribution in [0.25, 0.3) is 0 Å². The lowest BCUT2D eigenvalue weighted by molar-refractivity contribution is 0.285. The summed E-state index contributed by atoms with van der Waals surface area (Å²) in [5, 5.41) is 0.581. The topological polar surface area (TPSA) is 19.4 Å². The van der Waals surface area contributed by atoms with Gasteiger partial charge in [-0.25, -0.2) is 4.98 Å². The SMILES string of the molecule is CN(C)CC1CCN(c2ccnc(Cl)c2)CC1. The van der Waals surface area contributed by atoms with Crippen LogP contribution >= 0.6 is 11.6 Å². The Kier molecular flexibility index (Phi) is 4.24. The predicted molar refractivity (Wildman–Crippen MR) is 72.7 cm³/mol. The molecule has 0 atom stereocenters. The molecule has 4 heteroatoms. The summed E-state index contributed by atoms with van der Waals surface area (Å²) in [5.74, 6) is 0.832. The van der Waals surface area contributed by atoms with Gasteiger partial charge in [0.25, 0.3) is 0 Å². The summed E-state index contributed by atoms with van der Waals surface area (Å²) >= 11 is 5.92. The molecule has 1 aromatic rings. The van der Waals surface area contributed by atoms with Gasteiger partial charge >= 0.3 is 0 Å². The quantitative estimate of drug-likeness (QED) is 0.772. The van der Waals surface area contributed by atoms with Gasteiger partial charge in [0, 0.05) is 31.5 Å². The summed E-state index contributed by atoms with van der Waals surface area (Å²) < 4.78 is 0. The second-order valence-electron chi connectivity index (χ2n) is 5.03. The van der Waals surface area contributed by atoms with Crippen LogP contribution in [0.3, 0.4) is 0 Å². The highest BCUT2D eigenvalue weighted by atomic mass is 35.5. The Bertz CT molecular complexity index is 359. The fourth-order valence-corrected chi connectivity index (χ4v) is 2.65. The number of pyridine rings is 1. The van der Waals surface area contributed by atoms with Crippen molar-refractivity contribution in [2.24, 2.45) is 5.92 Å². The van der Waals surface area contributed by atoms with E-state index in [1.165, 1.54) is 25.1 Å². The smallest absolute Gasteiger partial charge is 0.131 e. The highest BCUT2D eigenvalue weighted by Gasteiger charge is 2.19. The van der Waals surface area contributed by atoms with Crippen molar-refractivity contribution in [3.63, 3.8) is 0 Å². The normalized spacial score (nSPS) is 17.8. The van der Waals surface area contributed by atoms with Gasteiger partial charge in [-0.2, -0.15) is 0 Å². The van der Waals surface area contributed by atoms with Crippen molar-refractivity contribution in [3.8, 4) is 0 Å². The first-order chi connectivity index (χ1) is 8.15. The van der Waals surface area contributed by atoms with Gasteiger partial charge in [0.2, 0.25) is 0 Å². The van der Waals surface area contributed by atoms with E-state index in [9.17, 15) is 0 Å². The third-order valence-corrected chi connectivity index (χ3v) is 3.52. The van der Waals surface area contributed by atoms with Gasteiger partial charge in [0.05, 0.1) is 0 Å². The molecule has 0 bridgehead atoms. The first kappa shape index (κ1) is 12.7. The highest BCUT2D eigenvalue weighted by molar-refractivity contribution is 6.29. The van der Waals surface area contributed by atoms with E-state index >= 15 is 0 Å². The summed E-state index contributed by atoms with van der Waals surface area (Å²) in [7, 11) is 4.30. The number of aromatic nitrogens is 1. The molecule has 1 saturated heterocycles. The number of hydrogen-bond acceptors (Lipinski definition) is 3.